The quantitative estimate of drug-likeness (QED) is 0.157. The lowest BCUT2D eigenvalue weighted by molar-refractivity contribution is 0.673. The number of fused-ring (bicyclic) bond motifs is 5. The molecule has 3 nitrogen and oxygen atoms in total. The van der Waals surface area contributed by atoms with E-state index in [1.54, 1.807) is 0 Å². The number of anilines is 6. The highest BCUT2D eigenvalue weighted by Gasteiger charge is 2.24. The fourth-order valence-corrected chi connectivity index (χ4v) is 7.81. The topological polar surface area (TPSA) is 19.6 Å². The molecule has 55 heavy (non-hydrogen) atoms. The van der Waals surface area contributed by atoms with Gasteiger partial charge < -0.3 is 14.2 Å². The summed E-state index contributed by atoms with van der Waals surface area (Å²) in [5.41, 5.74) is 12.5. The maximum absolute atomic E-state index is 7.10. The SMILES string of the molecule is c1ccc(-c2cccc(N(c3ccccc3)c3cc(N(c4ccccc4)c4cccc(-c5ccccc5)c4)c4oc5c6ccccc6ccc5c4c3)c2)cc1. The molecule has 1 aromatic heterocycles. The Balaban J connectivity index is 1.28. The number of hydrogen-bond acceptors (Lipinski definition) is 3. The van der Waals surface area contributed by atoms with Crippen molar-refractivity contribution < 1.29 is 4.42 Å². The normalized spacial score (nSPS) is 11.3. The zero-order valence-electron chi connectivity index (χ0n) is 30.1. The molecule has 0 fully saturated rings. The van der Waals surface area contributed by atoms with E-state index in [4.69, 9.17) is 4.42 Å². The summed E-state index contributed by atoms with van der Waals surface area (Å²) in [5.74, 6) is 0. The van der Waals surface area contributed by atoms with E-state index in [0.717, 1.165) is 78.0 Å². The fraction of sp³-hybridized carbons (Fsp3) is 0. The summed E-state index contributed by atoms with van der Waals surface area (Å²) in [5, 5.41) is 4.37. The van der Waals surface area contributed by atoms with Crippen LogP contribution in [0.25, 0.3) is 55.0 Å². The highest BCUT2D eigenvalue weighted by molar-refractivity contribution is 6.18. The van der Waals surface area contributed by atoms with Gasteiger partial charge in [0, 0.05) is 44.6 Å². The Kier molecular flexibility index (Phi) is 8.16. The third-order valence-corrected chi connectivity index (χ3v) is 10.4. The second kappa shape index (κ2) is 13.9. The van der Waals surface area contributed by atoms with Gasteiger partial charge in [0.05, 0.1) is 5.69 Å². The summed E-state index contributed by atoms with van der Waals surface area (Å²) >= 11 is 0. The molecule has 1 heterocycles. The minimum atomic E-state index is 0.829. The molecular weight excluding hydrogens is 669 g/mol. The molecule has 0 N–H and O–H groups in total. The van der Waals surface area contributed by atoms with Crippen LogP contribution in [0.1, 0.15) is 0 Å². The smallest absolute Gasteiger partial charge is 0.159 e. The van der Waals surface area contributed by atoms with E-state index in [-0.39, 0.29) is 0 Å². The van der Waals surface area contributed by atoms with Gasteiger partial charge in [0.15, 0.2) is 5.58 Å². The number of hydrogen-bond donors (Lipinski definition) is 0. The maximum atomic E-state index is 7.10. The van der Waals surface area contributed by atoms with Gasteiger partial charge in [-0.25, -0.2) is 0 Å². The Morgan fingerprint density at radius 1 is 0.273 bits per heavy atom. The average Bonchev–Trinajstić information content (AvgIpc) is 3.65. The molecule has 0 aliphatic heterocycles. The van der Waals surface area contributed by atoms with Crippen molar-refractivity contribution in [3.8, 4) is 22.3 Å². The first-order chi connectivity index (χ1) is 27.3. The van der Waals surface area contributed by atoms with E-state index in [2.05, 4.69) is 228 Å². The molecule has 3 heteroatoms. The summed E-state index contributed by atoms with van der Waals surface area (Å²) in [4.78, 5) is 4.70. The van der Waals surface area contributed by atoms with Crippen molar-refractivity contribution in [3.05, 3.63) is 218 Å². The largest absolute Gasteiger partial charge is 0.453 e. The molecular formula is C52H36N2O. The van der Waals surface area contributed by atoms with Crippen molar-refractivity contribution in [1.29, 1.82) is 0 Å². The zero-order valence-corrected chi connectivity index (χ0v) is 30.1. The van der Waals surface area contributed by atoms with Crippen LogP contribution in [0.15, 0.2) is 223 Å². The number of benzene rings is 9. The molecule has 260 valence electrons. The van der Waals surface area contributed by atoms with Gasteiger partial charge in [-0.3, -0.25) is 0 Å². The zero-order chi connectivity index (χ0) is 36.6. The van der Waals surface area contributed by atoms with Crippen LogP contribution in [0.3, 0.4) is 0 Å². The van der Waals surface area contributed by atoms with E-state index < -0.39 is 0 Å². The molecule has 0 saturated heterocycles. The molecule has 10 rings (SSSR count). The number of nitrogens with zero attached hydrogens (tertiary/aromatic N) is 2. The molecule has 0 radical (unpaired) electrons. The van der Waals surface area contributed by atoms with Crippen molar-refractivity contribution in [2.45, 2.75) is 0 Å². The molecule has 0 spiro atoms. The lowest BCUT2D eigenvalue weighted by Crippen LogP contribution is -2.13. The van der Waals surface area contributed by atoms with E-state index in [9.17, 15) is 0 Å². The average molecular weight is 705 g/mol. The first kappa shape index (κ1) is 32.3. The standard InChI is InChI=1S/C52H36N2O/c1-5-17-37(18-6-1)40-22-15-28-44(33-40)53(42-24-9-3-10-25-42)46-35-49-48-32-31-39-21-13-14-30-47(39)51(48)55-52(49)50(36-46)54(43-26-11-4-12-27-43)45-29-16-23-41(34-45)38-19-7-2-8-20-38/h1-36H. The molecule has 0 saturated carbocycles. The van der Waals surface area contributed by atoms with Gasteiger partial charge in [0.1, 0.15) is 5.58 Å². The monoisotopic (exact) mass is 704 g/mol. The van der Waals surface area contributed by atoms with Gasteiger partial charge in [-0.2, -0.15) is 0 Å². The van der Waals surface area contributed by atoms with Crippen molar-refractivity contribution in [2.75, 3.05) is 9.80 Å². The number of para-hydroxylation sites is 2. The molecule has 9 aromatic carbocycles. The second-order valence-corrected chi connectivity index (χ2v) is 13.8. The van der Waals surface area contributed by atoms with Crippen molar-refractivity contribution in [3.63, 3.8) is 0 Å². The van der Waals surface area contributed by atoms with Crippen LogP contribution in [0.4, 0.5) is 34.1 Å². The number of furan rings is 1. The summed E-state index contributed by atoms with van der Waals surface area (Å²) in [7, 11) is 0. The predicted octanol–water partition coefficient (Wildman–Crippen LogP) is 15.0. The minimum absolute atomic E-state index is 0.829. The number of rotatable bonds is 8. The van der Waals surface area contributed by atoms with Crippen LogP contribution in [-0.4, -0.2) is 0 Å². The Bertz CT molecular complexity index is 2920. The van der Waals surface area contributed by atoms with Crippen LogP contribution < -0.4 is 9.80 Å². The van der Waals surface area contributed by atoms with Crippen molar-refractivity contribution in [2.24, 2.45) is 0 Å². The highest BCUT2D eigenvalue weighted by atomic mass is 16.3. The Morgan fingerprint density at radius 2 is 0.764 bits per heavy atom. The van der Waals surface area contributed by atoms with Crippen LogP contribution >= 0.6 is 0 Å². The molecule has 0 unspecified atom stereocenters. The predicted molar refractivity (Wildman–Crippen MR) is 231 cm³/mol. The summed E-state index contributed by atoms with van der Waals surface area (Å²) in [6.07, 6.45) is 0. The molecule has 0 aliphatic rings. The molecule has 0 bridgehead atoms. The van der Waals surface area contributed by atoms with Crippen molar-refractivity contribution in [1.82, 2.24) is 0 Å². The molecule has 0 aliphatic carbocycles. The Hall–Kier alpha value is -7.36. The van der Waals surface area contributed by atoms with Crippen LogP contribution in [0.5, 0.6) is 0 Å². The molecule has 0 amide bonds. The Labute approximate surface area is 320 Å². The maximum Gasteiger partial charge on any atom is 0.159 e. The first-order valence-electron chi connectivity index (χ1n) is 18.7. The van der Waals surface area contributed by atoms with Gasteiger partial charge in [0.2, 0.25) is 0 Å². The highest BCUT2D eigenvalue weighted by Crippen LogP contribution is 2.48. The third kappa shape index (κ3) is 5.98. The lowest BCUT2D eigenvalue weighted by Gasteiger charge is -2.30. The van der Waals surface area contributed by atoms with Crippen molar-refractivity contribution >= 4 is 66.8 Å². The third-order valence-electron chi connectivity index (χ3n) is 10.4. The van der Waals surface area contributed by atoms with Gasteiger partial charge in [-0.05, 0) is 94.4 Å². The van der Waals surface area contributed by atoms with Gasteiger partial charge in [-0.15, -0.1) is 0 Å². The fourth-order valence-electron chi connectivity index (χ4n) is 7.81. The van der Waals surface area contributed by atoms with E-state index in [1.807, 2.05) is 0 Å². The van der Waals surface area contributed by atoms with E-state index in [0.29, 0.717) is 0 Å². The van der Waals surface area contributed by atoms with Gasteiger partial charge in [-0.1, -0.05) is 152 Å². The molecule has 10 aromatic rings. The Morgan fingerprint density at radius 3 is 1.38 bits per heavy atom. The second-order valence-electron chi connectivity index (χ2n) is 13.8. The van der Waals surface area contributed by atoms with Gasteiger partial charge in [0.25, 0.3) is 0 Å². The van der Waals surface area contributed by atoms with E-state index >= 15 is 0 Å². The summed E-state index contributed by atoms with van der Waals surface area (Å²) in [6.45, 7) is 0. The van der Waals surface area contributed by atoms with Crippen LogP contribution in [0.2, 0.25) is 0 Å². The summed E-state index contributed by atoms with van der Waals surface area (Å²) in [6, 6.07) is 77.5. The lowest BCUT2D eigenvalue weighted by atomic mass is 10.0. The first-order valence-corrected chi connectivity index (χ1v) is 18.7. The summed E-state index contributed by atoms with van der Waals surface area (Å²) < 4.78 is 7.10. The van der Waals surface area contributed by atoms with Crippen LogP contribution in [-0.2, 0) is 0 Å². The molecule has 0 atom stereocenters. The van der Waals surface area contributed by atoms with Crippen LogP contribution in [0, 0.1) is 0 Å². The minimum Gasteiger partial charge on any atom is -0.453 e. The van der Waals surface area contributed by atoms with E-state index in [1.165, 1.54) is 11.1 Å². The van der Waals surface area contributed by atoms with Gasteiger partial charge >= 0.3 is 0 Å².